The first-order valence-corrected chi connectivity index (χ1v) is 17.4. The van der Waals surface area contributed by atoms with Gasteiger partial charge in [0.25, 0.3) is 0 Å². The van der Waals surface area contributed by atoms with Crippen LogP contribution in [0.25, 0.3) is 17.0 Å². The number of benzene rings is 2. The molecule has 4 N–H and O–H groups in total. The minimum Gasteiger partial charge on any atom is -0.512 e. The normalized spacial score (nSPS) is 30.4. The van der Waals surface area contributed by atoms with Gasteiger partial charge >= 0.3 is 6.01 Å². The zero-order valence-corrected chi connectivity index (χ0v) is 26.7. The van der Waals surface area contributed by atoms with E-state index >= 15 is 13.2 Å². The van der Waals surface area contributed by atoms with Crippen molar-refractivity contribution >= 4 is 22.8 Å². The predicted molar refractivity (Wildman–Crippen MR) is 173 cm³/mol. The van der Waals surface area contributed by atoms with Gasteiger partial charge in [-0.25, -0.2) is 17.6 Å². The van der Waals surface area contributed by atoms with Crippen molar-refractivity contribution in [3.8, 4) is 6.01 Å². The Balaban J connectivity index is 1.09. The maximum atomic E-state index is 16.8. The van der Waals surface area contributed by atoms with Gasteiger partial charge in [0.15, 0.2) is 17.5 Å². The molecule has 4 saturated heterocycles. The highest BCUT2D eigenvalue weighted by Crippen LogP contribution is 2.50. The van der Waals surface area contributed by atoms with Crippen molar-refractivity contribution in [2.45, 2.75) is 93.9 Å². The first kappa shape index (κ1) is 30.6. The van der Waals surface area contributed by atoms with Crippen molar-refractivity contribution in [2.24, 2.45) is 11.1 Å². The maximum absolute atomic E-state index is 16.8. The summed E-state index contributed by atoms with van der Waals surface area (Å²) >= 11 is 0. The molecule has 8 nitrogen and oxygen atoms in total. The third-order valence-corrected chi connectivity index (χ3v) is 11.9. The molecule has 0 amide bonds. The van der Waals surface area contributed by atoms with E-state index in [0.717, 1.165) is 51.1 Å². The molecule has 5 atom stereocenters. The molecule has 2 aromatic carbocycles. The fraction of sp³-hybridized carbons (Fsp3) is 0.556. The monoisotopic (exact) mass is 664 g/mol. The van der Waals surface area contributed by atoms with E-state index in [1.54, 1.807) is 0 Å². The molecule has 5 heterocycles. The Kier molecular flexibility index (Phi) is 7.18. The standard InChI is InChI=1S/C36H40F4N6O2/c37-27-6-1-18-9-24(47)12-25(29(18)31(27)39)30-28(38)13-26-33(32(30)40)43-35(44-34(26)45-14-20-2-3-21(15-45)42-20)48-17-36(7-8-36)16-46-22-4-5-23(46)11-19(41)10-22/h1,6,9,13,19-23,25,42,47H,2-5,7-8,10-12,14-17,41H2. The second-order valence-electron chi connectivity index (χ2n) is 15.2. The topological polar surface area (TPSA) is 99.8 Å². The number of aromatic nitrogens is 2. The van der Waals surface area contributed by atoms with Gasteiger partial charge in [0.05, 0.1) is 12.4 Å². The van der Waals surface area contributed by atoms with Gasteiger partial charge in [-0.1, -0.05) is 6.07 Å². The number of piperazine rings is 1. The lowest BCUT2D eigenvalue weighted by Crippen LogP contribution is -2.51. The molecule has 4 bridgehead atoms. The zero-order chi connectivity index (χ0) is 32.9. The molecule has 0 radical (unpaired) electrons. The van der Waals surface area contributed by atoms with Crippen LogP contribution < -0.4 is 20.7 Å². The number of nitrogens with two attached hydrogens (primary N) is 1. The number of piperidine rings is 1. The SMILES string of the molecule is NC1CC2CCC(C1)N2CC1(COc2nc(N3CC4CCC(C3)N4)c3cc(F)c(C4CC(O)=Cc5ccc(F)c(F)c54)c(F)c3n2)CC1. The van der Waals surface area contributed by atoms with Crippen LogP contribution in [0.1, 0.15) is 80.4 Å². The lowest BCUT2D eigenvalue weighted by Gasteiger charge is -2.39. The van der Waals surface area contributed by atoms with E-state index in [2.05, 4.69) is 20.1 Å². The molecule has 254 valence electrons. The van der Waals surface area contributed by atoms with Gasteiger partial charge in [-0.2, -0.15) is 9.97 Å². The highest BCUT2D eigenvalue weighted by atomic mass is 19.2. The lowest BCUT2D eigenvalue weighted by atomic mass is 9.80. The quantitative estimate of drug-likeness (QED) is 0.278. The summed E-state index contributed by atoms with van der Waals surface area (Å²) in [6, 6.07) is 5.19. The fourth-order valence-electron chi connectivity index (χ4n) is 9.33. The van der Waals surface area contributed by atoms with E-state index < -0.39 is 34.8 Å². The molecular formula is C36H40F4N6O2. The van der Waals surface area contributed by atoms with Crippen LogP contribution in [-0.4, -0.2) is 76.4 Å². The van der Waals surface area contributed by atoms with E-state index in [-0.39, 0.29) is 63.8 Å². The molecule has 12 heteroatoms. The number of hydrogen-bond donors (Lipinski definition) is 3. The number of nitrogens with one attached hydrogen (secondary N) is 1. The van der Waals surface area contributed by atoms with E-state index in [4.69, 9.17) is 15.5 Å². The van der Waals surface area contributed by atoms with Gasteiger partial charge in [0, 0.05) is 84.1 Å². The number of anilines is 1. The second-order valence-corrected chi connectivity index (χ2v) is 15.2. The van der Waals surface area contributed by atoms with Crippen molar-refractivity contribution in [3.63, 3.8) is 0 Å². The number of hydrogen-bond acceptors (Lipinski definition) is 8. The second kappa shape index (κ2) is 11.3. The lowest BCUT2D eigenvalue weighted by molar-refractivity contribution is 0.0808. The summed E-state index contributed by atoms with van der Waals surface area (Å²) in [5.74, 6) is -5.33. The third kappa shape index (κ3) is 5.13. The molecule has 0 spiro atoms. The van der Waals surface area contributed by atoms with E-state index in [0.29, 0.717) is 37.6 Å². The van der Waals surface area contributed by atoms with Gasteiger partial charge in [0.2, 0.25) is 0 Å². The zero-order valence-electron chi connectivity index (χ0n) is 26.7. The molecule has 48 heavy (non-hydrogen) atoms. The molecule has 1 saturated carbocycles. The number of fused-ring (bicyclic) bond motifs is 6. The molecule has 5 unspecified atom stereocenters. The number of aliphatic hydroxyl groups excluding tert-OH is 1. The molecule has 2 aliphatic carbocycles. The molecule has 6 aliphatic rings. The number of rotatable bonds is 7. The first-order valence-electron chi connectivity index (χ1n) is 17.4. The van der Waals surface area contributed by atoms with Crippen molar-refractivity contribution < 1.29 is 27.4 Å². The van der Waals surface area contributed by atoms with Crippen molar-refractivity contribution in [3.05, 3.63) is 63.9 Å². The minimum atomic E-state index is -1.30. The summed E-state index contributed by atoms with van der Waals surface area (Å²) in [7, 11) is 0. The average molecular weight is 665 g/mol. The fourth-order valence-corrected chi connectivity index (χ4v) is 9.33. The Labute approximate surface area is 276 Å². The summed E-state index contributed by atoms with van der Waals surface area (Å²) in [6.07, 6.45) is 9.44. The van der Waals surface area contributed by atoms with Crippen LogP contribution in [0.2, 0.25) is 0 Å². The van der Waals surface area contributed by atoms with E-state index in [9.17, 15) is 9.50 Å². The predicted octanol–water partition coefficient (Wildman–Crippen LogP) is 5.67. The Hall–Kier alpha value is -3.48. The van der Waals surface area contributed by atoms with E-state index in [1.165, 1.54) is 31.1 Å². The third-order valence-electron chi connectivity index (χ3n) is 11.9. The highest BCUT2D eigenvalue weighted by Gasteiger charge is 2.50. The van der Waals surface area contributed by atoms with Gasteiger partial charge < -0.3 is 25.8 Å². The Bertz CT molecular complexity index is 1810. The van der Waals surface area contributed by atoms with Gasteiger partial charge in [-0.3, -0.25) is 4.90 Å². The minimum absolute atomic E-state index is 0.0127. The smallest absolute Gasteiger partial charge is 0.319 e. The van der Waals surface area contributed by atoms with Crippen LogP contribution in [0.3, 0.4) is 0 Å². The summed E-state index contributed by atoms with van der Waals surface area (Å²) in [5.41, 5.74) is 5.64. The summed E-state index contributed by atoms with van der Waals surface area (Å²) in [5, 5.41) is 14.3. The van der Waals surface area contributed by atoms with Crippen molar-refractivity contribution in [2.75, 3.05) is 31.1 Å². The Morgan fingerprint density at radius 3 is 2.38 bits per heavy atom. The first-order chi connectivity index (χ1) is 23.1. The van der Waals surface area contributed by atoms with Gasteiger partial charge in [0.1, 0.15) is 17.2 Å². The number of ether oxygens (including phenoxy) is 1. The van der Waals surface area contributed by atoms with Crippen LogP contribution in [0.5, 0.6) is 6.01 Å². The molecule has 5 fully saturated rings. The molecule has 1 aromatic heterocycles. The molecule has 4 aliphatic heterocycles. The summed E-state index contributed by atoms with van der Waals surface area (Å²) in [6.45, 7) is 2.54. The summed E-state index contributed by atoms with van der Waals surface area (Å²) in [4.78, 5) is 14.0. The number of aliphatic hydroxyl groups is 1. The largest absolute Gasteiger partial charge is 0.512 e. The van der Waals surface area contributed by atoms with Crippen LogP contribution in [0, 0.1) is 28.7 Å². The maximum Gasteiger partial charge on any atom is 0.319 e. The van der Waals surface area contributed by atoms with Gasteiger partial charge in [-0.15, -0.1) is 0 Å². The summed E-state index contributed by atoms with van der Waals surface area (Å²) < 4.78 is 69.0. The average Bonchev–Trinajstić information content (AvgIpc) is 3.69. The number of allylic oxidation sites excluding steroid dienone is 1. The molecular weight excluding hydrogens is 624 g/mol. The number of nitrogens with zero attached hydrogens (tertiary/aromatic N) is 4. The Morgan fingerprint density at radius 2 is 1.67 bits per heavy atom. The molecule has 3 aromatic rings. The highest BCUT2D eigenvalue weighted by molar-refractivity contribution is 5.91. The molecule has 9 rings (SSSR count). The van der Waals surface area contributed by atoms with Crippen LogP contribution in [-0.2, 0) is 0 Å². The van der Waals surface area contributed by atoms with Gasteiger partial charge in [-0.05, 0) is 75.1 Å². The van der Waals surface area contributed by atoms with Crippen LogP contribution in [0.15, 0.2) is 24.0 Å². The van der Waals surface area contributed by atoms with Crippen LogP contribution in [0.4, 0.5) is 23.4 Å². The van der Waals surface area contributed by atoms with Crippen molar-refractivity contribution in [1.82, 2.24) is 20.2 Å². The Morgan fingerprint density at radius 1 is 0.938 bits per heavy atom. The van der Waals surface area contributed by atoms with Crippen molar-refractivity contribution in [1.29, 1.82) is 0 Å². The van der Waals surface area contributed by atoms with Crippen LogP contribution >= 0.6 is 0 Å². The number of halogens is 4. The van der Waals surface area contributed by atoms with E-state index in [1.807, 2.05) is 0 Å².